The number of amides is 1. The number of carbonyl (C=O) groups is 1. The molecule has 1 aliphatic heterocycles. The van der Waals surface area contributed by atoms with E-state index in [4.69, 9.17) is 20.8 Å². The summed E-state index contributed by atoms with van der Waals surface area (Å²) in [6, 6.07) is 15.2. The molecule has 0 bridgehead atoms. The first-order chi connectivity index (χ1) is 14.7. The Morgan fingerprint density at radius 3 is 2.57 bits per heavy atom. The predicted octanol–water partition coefficient (Wildman–Crippen LogP) is 4.96. The van der Waals surface area contributed by atoms with Gasteiger partial charge in [-0.15, -0.1) is 0 Å². The monoisotopic (exact) mass is 423 g/mol. The molecule has 1 aliphatic carbocycles. The van der Waals surface area contributed by atoms with Gasteiger partial charge in [0, 0.05) is 24.6 Å². The fourth-order valence-electron chi connectivity index (χ4n) is 3.73. The summed E-state index contributed by atoms with van der Waals surface area (Å²) in [5.41, 5.74) is 2.69. The van der Waals surface area contributed by atoms with Crippen LogP contribution in [0.5, 0.6) is 0 Å². The van der Waals surface area contributed by atoms with Crippen LogP contribution in [-0.2, 0) is 4.74 Å². The van der Waals surface area contributed by atoms with Crippen LogP contribution in [0.15, 0.2) is 52.9 Å². The van der Waals surface area contributed by atoms with Crippen molar-refractivity contribution in [1.82, 2.24) is 4.98 Å². The van der Waals surface area contributed by atoms with Crippen molar-refractivity contribution in [3.63, 3.8) is 0 Å². The van der Waals surface area contributed by atoms with Crippen LogP contribution in [-0.4, -0.2) is 37.2 Å². The lowest BCUT2D eigenvalue weighted by atomic mass is 10.2. The topological polar surface area (TPSA) is 67.6 Å². The van der Waals surface area contributed by atoms with Gasteiger partial charge < -0.3 is 19.4 Å². The van der Waals surface area contributed by atoms with E-state index in [2.05, 4.69) is 15.2 Å². The van der Waals surface area contributed by atoms with E-state index in [-0.39, 0.29) is 11.8 Å². The second-order valence-corrected chi connectivity index (χ2v) is 7.97. The molecule has 6 nitrogen and oxygen atoms in total. The van der Waals surface area contributed by atoms with E-state index in [1.807, 2.05) is 48.5 Å². The van der Waals surface area contributed by atoms with E-state index in [1.54, 1.807) is 0 Å². The van der Waals surface area contributed by atoms with Gasteiger partial charge in [-0.05, 0) is 37.1 Å². The third kappa shape index (κ3) is 3.80. The Hall–Kier alpha value is -2.83. The number of benzene rings is 2. The maximum atomic E-state index is 13.2. The summed E-state index contributed by atoms with van der Waals surface area (Å²) in [5, 5.41) is 3.62. The van der Waals surface area contributed by atoms with Crippen LogP contribution >= 0.6 is 11.6 Å². The van der Waals surface area contributed by atoms with Crippen LogP contribution in [0.1, 0.15) is 35.0 Å². The maximum absolute atomic E-state index is 13.2. The normalized spacial score (nSPS) is 16.5. The third-order valence-corrected chi connectivity index (χ3v) is 5.70. The lowest BCUT2D eigenvalue weighted by Gasteiger charge is -2.31. The molecule has 0 unspecified atom stereocenters. The number of morpholine rings is 1. The number of ether oxygens (including phenoxy) is 1. The highest BCUT2D eigenvalue weighted by Gasteiger charge is 2.34. The number of halogens is 1. The summed E-state index contributed by atoms with van der Waals surface area (Å²) in [6.45, 7) is 2.71. The Morgan fingerprint density at radius 1 is 1.07 bits per heavy atom. The molecule has 7 heteroatoms. The minimum atomic E-state index is -0.278. The fraction of sp³-hybridized carbons (Fsp3) is 0.304. The van der Waals surface area contributed by atoms with Crippen molar-refractivity contribution >= 4 is 28.9 Å². The molecule has 3 aromatic rings. The van der Waals surface area contributed by atoms with Crippen molar-refractivity contribution in [2.75, 3.05) is 36.5 Å². The molecular formula is C23H22ClN3O3. The van der Waals surface area contributed by atoms with Gasteiger partial charge in [-0.3, -0.25) is 4.79 Å². The van der Waals surface area contributed by atoms with Gasteiger partial charge in [-0.25, -0.2) is 4.98 Å². The highest BCUT2D eigenvalue weighted by molar-refractivity contribution is 6.34. The van der Waals surface area contributed by atoms with Gasteiger partial charge in [0.05, 0.1) is 29.6 Å². The Labute approximate surface area is 179 Å². The minimum absolute atomic E-state index is 0.258. The Morgan fingerprint density at radius 2 is 1.83 bits per heavy atom. The summed E-state index contributed by atoms with van der Waals surface area (Å²) in [5.74, 6) is 1.12. The number of hydrogen-bond donors (Lipinski definition) is 1. The lowest BCUT2D eigenvalue weighted by Crippen LogP contribution is -2.37. The molecule has 0 radical (unpaired) electrons. The number of carbonyl (C=O) groups excluding carboxylic acids is 1. The Balaban J connectivity index is 1.46. The molecule has 1 amide bonds. The first kappa shape index (κ1) is 19.2. The van der Waals surface area contributed by atoms with Gasteiger partial charge in [0.2, 0.25) is 5.89 Å². The summed E-state index contributed by atoms with van der Waals surface area (Å²) < 4.78 is 11.5. The standard InChI is InChI=1S/C23H22ClN3O3/c24-17-7-4-8-18(20(17)27-11-13-29-14-12-27)25-22(28)19-21(15-9-10-15)30-23(26-19)16-5-2-1-3-6-16/h1-8,15H,9-14H2,(H,25,28). The molecule has 1 aromatic heterocycles. The van der Waals surface area contributed by atoms with Crippen molar-refractivity contribution in [3.05, 3.63) is 65.0 Å². The van der Waals surface area contributed by atoms with Crippen LogP contribution in [0.3, 0.4) is 0 Å². The number of nitrogens with zero attached hydrogens (tertiary/aromatic N) is 2. The molecular weight excluding hydrogens is 402 g/mol. The van der Waals surface area contributed by atoms with Crippen molar-refractivity contribution in [1.29, 1.82) is 0 Å². The minimum Gasteiger partial charge on any atom is -0.440 e. The SMILES string of the molecule is O=C(Nc1cccc(Cl)c1N1CCOCC1)c1nc(-c2ccccc2)oc1C1CC1. The van der Waals surface area contributed by atoms with E-state index < -0.39 is 0 Å². The van der Waals surface area contributed by atoms with Gasteiger partial charge in [0.15, 0.2) is 5.69 Å². The van der Waals surface area contributed by atoms with E-state index in [9.17, 15) is 4.79 Å². The van der Waals surface area contributed by atoms with Gasteiger partial charge in [-0.2, -0.15) is 0 Å². The van der Waals surface area contributed by atoms with Crippen LogP contribution in [0.2, 0.25) is 5.02 Å². The number of nitrogens with one attached hydrogen (secondary N) is 1. The van der Waals surface area contributed by atoms with Crippen LogP contribution < -0.4 is 10.2 Å². The second-order valence-electron chi connectivity index (χ2n) is 7.56. The Kier molecular flexibility index (Phi) is 5.19. The molecule has 0 atom stereocenters. The fourth-order valence-corrected chi connectivity index (χ4v) is 4.02. The van der Waals surface area contributed by atoms with Gasteiger partial charge >= 0.3 is 0 Å². The molecule has 2 heterocycles. The van der Waals surface area contributed by atoms with E-state index in [1.165, 1.54) is 0 Å². The molecule has 1 saturated carbocycles. The summed E-state index contributed by atoms with van der Waals surface area (Å²) in [6.07, 6.45) is 2.03. The molecule has 1 saturated heterocycles. The molecule has 2 fully saturated rings. The smallest absolute Gasteiger partial charge is 0.278 e. The van der Waals surface area contributed by atoms with Gasteiger partial charge in [0.25, 0.3) is 5.91 Å². The van der Waals surface area contributed by atoms with E-state index in [0.29, 0.717) is 41.3 Å². The zero-order valence-corrected chi connectivity index (χ0v) is 17.2. The highest BCUT2D eigenvalue weighted by atomic mass is 35.5. The number of hydrogen-bond acceptors (Lipinski definition) is 5. The summed E-state index contributed by atoms with van der Waals surface area (Å²) in [4.78, 5) is 19.9. The first-order valence-corrected chi connectivity index (χ1v) is 10.6. The zero-order valence-electron chi connectivity index (χ0n) is 16.4. The number of oxazole rings is 1. The average Bonchev–Trinajstić information content (AvgIpc) is 3.53. The van der Waals surface area contributed by atoms with Crippen molar-refractivity contribution in [2.24, 2.45) is 0 Å². The van der Waals surface area contributed by atoms with Crippen LogP contribution in [0.25, 0.3) is 11.5 Å². The van der Waals surface area contributed by atoms with E-state index >= 15 is 0 Å². The quantitative estimate of drug-likeness (QED) is 0.628. The number of rotatable bonds is 5. The number of para-hydroxylation sites is 1. The molecule has 30 heavy (non-hydrogen) atoms. The zero-order chi connectivity index (χ0) is 20.5. The molecule has 0 spiro atoms. The number of anilines is 2. The second kappa shape index (κ2) is 8.13. The third-order valence-electron chi connectivity index (χ3n) is 5.40. The molecule has 154 valence electrons. The summed E-state index contributed by atoms with van der Waals surface area (Å²) in [7, 11) is 0. The summed E-state index contributed by atoms with van der Waals surface area (Å²) >= 11 is 6.50. The van der Waals surface area contributed by atoms with Crippen molar-refractivity contribution in [2.45, 2.75) is 18.8 Å². The molecule has 1 N–H and O–H groups in total. The first-order valence-electron chi connectivity index (χ1n) is 10.2. The largest absolute Gasteiger partial charge is 0.440 e. The van der Waals surface area contributed by atoms with Crippen molar-refractivity contribution < 1.29 is 13.9 Å². The van der Waals surface area contributed by atoms with Gasteiger partial charge in [0.1, 0.15) is 5.76 Å². The molecule has 5 rings (SSSR count). The number of aromatic nitrogens is 1. The van der Waals surface area contributed by atoms with Gasteiger partial charge in [-0.1, -0.05) is 35.9 Å². The Bertz CT molecular complexity index is 1060. The average molecular weight is 424 g/mol. The van der Waals surface area contributed by atoms with E-state index in [0.717, 1.165) is 37.2 Å². The van der Waals surface area contributed by atoms with Crippen LogP contribution in [0, 0.1) is 0 Å². The lowest BCUT2D eigenvalue weighted by molar-refractivity contribution is 0.102. The molecule has 2 aliphatic rings. The highest BCUT2D eigenvalue weighted by Crippen LogP contribution is 2.43. The maximum Gasteiger partial charge on any atom is 0.278 e. The van der Waals surface area contributed by atoms with Crippen LogP contribution in [0.4, 0.5) is 11.4 Å². The molecule has 2 aromatic carbocycles. The predicted molar refractivity (Wildman–Crippen MR) is 116 cm³/mol. The van der Waals surface area contributed by atoms with Crippen molar-refractivity contribution in [3.8, 4) is 11.5 Å².